The van der Waals surface area contributed by atoms with Gasteiger partial charge in [0.15, 0.2) is 0 Å². The molecule has 2 N–H and O–H groups in total. The first kappa shape index (κ1) is 16.2. The van der Waals surface area contributed by atoms with Crippen LogP contribution in [0.1, 0.15) is 49.4 Å². The number of aliphatic hydroxyl groups excluding tert-OH is 1. The maximum atomic E-state index is 9.20. The summed E-state index contributed by atoms with van der Waals surface area (Å²) >= 11 is 0. The van der Waals surface area contributed by atoms with E-state index in [1.165, 1.54) is 22.3 Å². The normalized spacial score (nSPS) is 13.6. The first-order valence-corrected chi connectivity index (χ1v) is 7.16. The lowest BCUT2D eigenvalue weighted by atomic mass is 9.84. The fourth-order valence-corrected chi connectivity index (χ4v) is 2.68. The van der Waals surface area contributed by atoms with Gasteiger partial charge in [0.2, 0.25) is 0 Å². The van der Waals surface area contributed by atoms with E-state index in [4.69, 9.17) is 0 Å². The highest BCUT2D eigenvalue weighted by Gasteiger charge is 2.23. The van der Waals surface area contributed by atoms with E-state index < -0.39 is 0 Å². The van der Waals surface area contributed by atoms with Gasteiger partial charge in [-0.15, -0.1) is 0 Å². The summed E-state index contributed by atoms with van der Waals surface area (Å²) in [5.74, 6) is 0. The number of aryl methyl sites for hydroxylation is 3. The predicted molar refractivity (Wildman–Crippen MR) is 82.4 cm³/mol. The molecule has 0 fully saturated rings. The van der Waals surface area contributed by atoms with Crippen molar-refractivity contribution >= 4 is 0 Å². The first-order valence-electron chi connectivity index (χ1n) is 7.16. The van der Waals surface area contributed by atoms with Gasteiger partial charge < -0.3 is 10.4 Å². The number of hydrogen-bond donors (Lipinski definition) is 2. The van der Waals surface area contributed by atoms with Crippen LogP contribution in [0.4, 0.5) is 0 Å². The van der Waals surface area contributed by atoms with E-state index in [-0.39, 0.29) is 12.0 Å². The minimum Gasteiger partial charge on any atom is -0.396 e. The number of hydrogen-bond acceptors (Lipinski definition) is 2. The molecule has 108 valence electrons. The van der Waals surface area contributed by atoms with Gasteiger partial charge in [0.1, 0.15) is 0 Å². The Morgan fingerprint density at radius 2 is 1.63 bits per heavy atom. The summed E-state index contributed by atoms with van der Waals surface area (Å²) in [6.07, 6.45) is 0.799. The van der Waals surface area contributed by atoms with Crippen LogP contribution in [-0.2, 0) is 6.54 Å². The molecule has 0 radical (unpaired) electrons. The minimum atomic E-state index is 0.162. The Kier molecular flexibility index (Phi) is 5.57. The lowest BCUT2D eigenvalue weighted by Crippen LogP contribution is -2.40. The van der Waals surface area contributed by atoms with Crippen LogP contribution in [0, 0.1) is 26.2 Å². The smallest absolute Gasteiger partial charge is 0.0446 e. The summed E-state index contributed by atoms with van der Waals surface area (Å²) in [6.45, 7) is 14.3. The van der Waals surface area contributed by atoms with Crippen LogP contribution in [0.2, 0.25) is 0 Å². The second kappa shape index (κ2) is 6.53. The van der Waals surface area contributed by atoms with Gasteiger partial charge in [-0.2, -0.15) is 0 Å². The molecular weight excluding hydrogens is 234 g/mol. The van der Waals surface area contributed by atoms with E-state index in [1.807, 2.05) is 0 Å². The molecule has 0 heterocycles. The fourth-order valence-electron chi connectivity index (χ4n) is 2.68. The Hall–Kier alpha value is -0.860. The summed E-state index contributed by atoms with van der Waals surface area (Å²) in [6, 6.07) is 4.81. The molecule has 0 saturated heterocycles. The third kappa shape index (κ3) is 4.63. The molecule has 0 bridgehead atoms. The molecule has 1 atom stereocenters. The Bertz CT molecular complexity index is 395. The molecule has 2 nitrogen and oxygen atoms in total. The van der Waals surface area contributed by atoms with Gasteiger partial charge in [-0.25, -0.2) is 0 Å². The van der Waals surface area contributed by atoms with E-state index in [1.54, 1.807) is 0 Å². The number of rotatable bonds is 5. The molecule has 1 aromatic rings. The molecule has 1 unspecified atom stereocenters. The third-order valence-corrected chi connectivity index (χ3v) is 3.83. The molecule has 1 rings (SSSR count). The van der Waals surface area contributed by atoms with Gasteiger partial charge >= 0.3 is 0 Å². The summed E-state index contributed by atoms with van der Waals surface area (Å²) in [4.78, 5) is 0. The second-order valence-corrected chi connectivity index (χ2v) is 6.69. The topological polar surface area (TPSA) is 32.3 Å². The lowest BCUT2D eigenvalue weighted by molar-refractivity contribution is 0.196. The molecule has 2 heteroatoms. The highest BCUT2D eigenvalue weighted by Crippen LogP contribution is 2.23. The number of benzene rings is 1. The minimum absolute atomic E-state index is 0.162. The Morgan fingerprint density at radius 3 is 2.05 bits per heavy atom. The van der Waals surface area contributed by atoms with Gasteiger partial charge in [0, 0.05) is 19.2 Å². The molecule has 0 aromatic heterocycles. The van der Waals surface area contributed by atoms with E-state index in [9.17, 15) is 5.11 Å². The SMILES string of the molecule is Cc1cc(C)c(CNC(CCO)C(C)(C)C)c(C)c1. The maximum absolute atomic E-state index is 9.20. The Labute approximate surface area is 118 Å². The van der Waals surface area contributed by atoms with Crippen molar-refractivity contribution in [2.24, 2.45) is 5.41 Å². The van der Waals surface area contributed by atoms with Gasteiger partial charge in [0.25, 0.3) is 0 Å². The van der Waals surface area contributed by atoms with Crippen molar-refractivity contribution in [1.82, 2.24) is 5.32 Å². The van der Waals surface area contributed by atoms with Gasteiger partial charge in [-0.3, -0.25) is 0 Å². The van der Waals surface area contributed by atoms with Gasteiger partial charge in [-0.05, 0) is 49.3 Å². The van der Waals surface area contributed by atoms with Crippen LogP contribution >= 0.6 is 0 Å². The molecule has 0 aliphatic heterocycles. The highest BCUT2D eigenvalue weighted by molar-refractivity contribution is 5.37. The molecular formula is C17H29NO. The molecule has 0 aliphatic carbocycles. The largest absolute Gasteiger partial charge is 0.396 e. The standard InChI is InChI=1S/C17H29NO/c1-12-9-13(2)15(14(3)10-12)11-18-16(7-8-19)17(4,5)6/h9-10,16,18-19H,7-8,11H2,1-6H3. The van der Waals surface area contributed by atoms with Crippen LogP contribution < -0.4 is 5.32 Å². The molecule has 0 spiro atoms. The Morgan fingerprint density at radius 1 is 1.11 bits per heavy atom. The monoisotopic (exact) mass is 263 g/mol. The van der Waals surface area contributed by atoms with Crippen molar-refractivity contribution in [3.8, 4) is 0 Å². The summed E-state index contributed by atoms with van der Waals surface area (Å²) in [5, 5.41) is 12.8. The predicted octanol–water partition coefficient (Wildman–Crippen LogP) is 3.50. The fraction of sp³-hybridized carbons (Fsp3) is 0.647. The van der Waals surface area contributed by atoms with Crippen LogP contribution in [0.25, 0.3) is 0 Å². The quantitative estimate of drug-likeness (QED) is 0.852. The maximum Gasteiger partial charge on any atom is 0.0446 e. The van der Waals surface area contributed by atoms with Crippen LogP contribution in [-0.4, -0.2) is 17.8 Å². The summed E-state index contributed by atoms with van der Waals surface area (Å²) < 4.78 is 0. The van der Waals surface area contributed by atoms with E-state index in [2.05, 4.69) is 59.0 Å². The molecule has 0 saturated carbocycles. The number of aliphatic hydroxyl groups is 1. The lowest BCUT2D eigenvalue weighted by Gasteiger charge is -2.32. The molecule has 1 aromatic carbocycles. The van der Waals surface area contributed by atoms with Crippen LogP contribution in [0.5, 0.6) is 0 Å². The molecule has 0 amide bonds. The van der Waals surface area contributed by atoms with E-state index in [0.717, 1.165) is 13.0 Å². The average Bonchev–Trinajstić information content (AvgIpc) is 2.24. The van der Waals surface area contributed by atoms with Crippen LogP contribution in [0.15, 0.2) is 12.1 Å². The van der Waals surface area contributed by atoms with Crippen LogP contribution in [0.3, 0.4) is 0 Å². The van der Waals surface area contributed by atoms with Crippen molar-refractivity contribution < 1.29 is 5.11 Å². The second-order valence-electron chi connectivity index (χ2n) is 6.69. The zero-order chi connectivity index (χ0) is 14.6. The molecule has 19 heavy (non-hydrogen) atoms. The average molecular weight is 263 g/mol. The third-order valence-electron chi connectivity index (χ3n) is 3.83. The van der Waals surface area contributed by atoms with Gasteiger partial charge in [-0.1, -0.05) is 38.5 Å². The van der Waals surface area contributed by atoms with Crippen molar-refractivity contribution in [2.45, 2.75) is 60.5 Å². The van der Waals surface area contributed by atoms with Crippen molar-refractivity contribution in [3.05, 3.63) is 34.4 Å². The highest BCUT2D eigenvalue weighted by atomic mass is 16.3. The van der Waals surface area contributed by atoms with E-state index in [0.29, 0.717) is 6.04 Å². The van der Waals surface area contributed by atoms with Gasteiger partial charge in [0.05, 0.1) is 0 Å². The number of nitrogens with one attached hydrogen (secondary N) is 1. The zero-order valence-corrected chi connectivity index (χ0v) is 13.3. The summed E-state index contributed by atoms with van der Waals surface area (Å²) in [5.41, 5.74) is 5.57. The first-order chi connectivity index (χ1) is 8.75. The zero-order valence-electron chi connectivity index (χ0n) is 13.3. The van der Waals surface area contributed by atoms with Crippen molar-refractivity contribution in [1.29, 1.82) is 0 Å². The molecule has 0 aliphatic rings. The van der Waals surface area contributed by atoms with E-state index >= 15 is 0 Å². The Balaban J connectivity index is 2.80. The summed E-state index contributed by atoms with van der Waals surface area (Å²) in [7, 11) is 0. The van der Waals surface area contributed by atoms with Crippen molar-refractivity contribution in [3.63, 3.8) is 0 Å². The van der Waals surface area contributed by atoms with Crippen molar-refractivity contribution in [2.75, 3.05) is 6.61 Å².